The summed E-state index contributed by atoms with van der Waals surface area (Å²) in [7, 11) is 0. The second-order valence-electron chi connectivity index (χ2n) is 1.82. The number of allylic oxidation sites excluding steroid dienone is 1. The van der Waals surface area contributed by atoms with Gasteiger partial charge in [0.2, 0.25) is 0 Å². The van der Waals surface area contributed by atoms with Gasteiger partial charge in [-0.2, -0.15) is 10.5 Å². The maximum Gasteiger partial charge on any atom is 0.152 e. The van der Waals surface area contributed by atoms with Crippen molar-refractivity contribution >= 4 is 5.71 Å². The number of nitrogens with two attached hydrogens (primary N) is 1. The van der Waals surface area contributed by atoms with Crippen LogP contribution >= 0.6 is 0 Å². The molecule has 2 N–H and O–H groups in total. The molecule has 12 heavy (non-hydrogen) atoms. The molecular weight excluding hydrogens is 152 g/mol. The monoisotopic (exact) mass is 160 g/mol. The predicted octanol–water partition coefficient (Wildman–Crippen LogP) is 0.503. The van der Waals surface area contributed by atoms with Crippen LogP contribution in [-0.4, -0.2) is 12.3 Å². The highest BCUT2D eigenvalue weighted by atomic mass is 14.7. The fourth-order valence-electron chi connectivity index (χ4n) is 0.456. The van der Waals surface area contributed by atoms with Gasteiger partial charge in [0.15, 0.2) is 5.71 Å². The van der Waals surface area contributed by atoms with Crippen molar-refractivity contribution < 1.29 is 0 Å². The topological polar surface area (TPSA) is 86.0 Å². The number of aliphatic imine (C=N–C) groups is 1. The van der Waals surface area contributed by atoms with E-state index >= 15 is 0 Å². The molecule has 4 nitrogen and oxygen atoms in total. The molecule has 4 heteroatoms. The third-order valence-electron chi connectivity index (χ3n) is 1.02. The van der Waals surface area contributed by atoms with Gasteiger partial charge in [-0.05, 0) is 12.3 Å². The van der Waals surface area contributed by atoms with Crippen LogP contribution in [0.4, 0.5) is 0 Å². The molecule has 0 saturated heterocycles. The van der Waals surface area contributed by atoms with Crippen molar-refractivity contribution in [1.82, 2.24) is 0 Å². The van der Waals surface area contributed by atoms with Gasteiger partial charge in [0.05, 0.1) is 12.1 Å². The largest absolute Gasteiger partial charge is 0.405 e. The summed E-state index contributed by atoms with van der Waals surface area (Å²) in [5.41, 5.74) is 5.17. The van der Waals surface area contributed by atoms with E-state index in [1.54, 1.807) is 18.2 Å². The van der Waals surface area contributed by atoms with Crippen molar-refractivity contribution in [1.29, 1.82) is 10.5 Å². The SMILES string of the molecule is C=C(C#N)/C(C#N)=N\C/C=C/N. The standard InChI is InChI=1S/C8H8N4/c1-7(5-10)8(6-11)12-4-2-3-9/h2-3H,1,4,9H2/b3-2+,12-8-. The van der Waals surface area contributed by atoms with E-state index in [1.165, 1.54) is 6.20 Å². The Morgan fingerprint density at radius 3 is 2.58 bits per heavy atom. The summed E-state index contributed by atoms with van der Waals surface area (Å²) in [5, 5.41) is 16.8. The van der Waals surface area contributed by atoms with Crippen molar-refractivity contribution in [2.75, 3.05) is 6.54 Å². The van der Waals surface area contributed by atoms with Crippen molar-refractivity contribution in [2.24, 2.45) is 10.7 Å². The Labute approximate surface area is 70.9 Å². The van der Waals surface area contributed by atoms with E-state index in [1.807, 2.05) is 0 Å². The first-order chi connectivity index (χ1) is 5.76. The predicted molar refractivity (Wildman–Crippen MR) is 46.0 cm³/mol. The zero-order valence-electron chi connectivity index (χ0n) is 6.49. The van der Waals surface area contributed by atoms with E-state index < -0.39 is 0 Å². The van der Waals surface area contributed by atoms with Crippen LogP contribution in [0.5, 0.6) is 0 Å². The lowest BCUT2D eigenvalue weighted by atomic mass is 10.2. The zero-order chi connectivity index (χ0) is 9.40. The average molecular weight is 160 g/mol. The highest BCUT2D eigenvalue weighted by Crippen LogP contribution is 1.92. The van der Waals surface area contributed by atoms with Gasteiger partial charge in [-0.1, -0.05) is 6.58 Å². The molecule has 0 amide bonds. The molecule has 0 aromatic rings. The van der Waals surface area contributed by atoms with Crippen LogP contribution in [0.15, 0.2) is 29.4 Å². The molecule has 0 fully saturated rings. The molecule has 0 aliphatic rings. The third-order valence-corrected chi connectivity index (χ3v) is 1.02. The van der Waals surface area contributed by atoms with Crippen molar-refractivity contribution in [3.8, 4) is 12.1 Å². The molecule has 0 aliphatic heterocycles. The molecular formula is C8H8N4. The van der Waals surface area contributed by atoms with Gasteiger partial charge >= 0.3 is 0 Å². The summed E-state index contributed by atoms with van der Waals surface area (Å²) in [5.74, 6) is 0. The summed E-state index contributed by atoms with van der Waals surface area (Å²) >= 11 is 0. The van der Waals surface area contributed by atoms with E-state index in [0.29, 0.717) is 6.54 Å². The van der Waals surface area contributed by atoms with Crippen molar-refractivity contribution in [3.05, 3.63) is 24.4 Å². The Hall–Kier alpha value is -2.07. The summed E-state index contributed by atoms with van der Waals surface area (Å²) in [6, 6.07) is 3.50. The number of hydrogen-bond acceptors (Lipinski definition) is 4. The van der Waals surface area contributed by atoms with Crippen molar-refractivity contribution in [2.45, 2.75) is 0 Å². The van der Waals surface area contributed by atoms with Crippen LogP contribution in [0, 0.1) is 22.7 Å². The minimum Gasteiger partial charge on any atom is -0.405 e. The van der Waals surface area contributed by atoms with Crippen LogP contribution in [0.1, 0.15) is 0 Å². The van der Waals surface area contributed by atoms with E-state index in [0.717, 1.165) is 0 Å². The van der Waals surface area contributed by atoms with Crippen molar-refractivity contribution in [3.63, 3.8) is 0 Å². The second-order valence-corrected chi connectivity index (χ2v) is 1.82. The van der Waals surface area contributed by atoms with Gasteiger partial charge in [-0.25, -0.2) is 0 Å². The summed E-state index contributed by atoms with van der Waals surface area (Å²) in [4.78, 5) is 3.77. The molecule has 0 spiro atoms. The fourth-order valence-corrected chi connectivity index (χ4v) is 0.456. The molecule has 0 rings (SSSR count). The van der Waals surface area contributed by atoms with E-state index in [2.05, 4.69) is 11.6 Å². The number of nitriles is 2. The molecule has 60 valence electrons. The first-order valence-corrected chi connectivity index (χ1v) is 3.17. The molecule has 0 unspecified atom stereocenters. The van der Waals surface area contributed by atoms with Gasteiger partial charge < -0.3 is 5.73 Å². The van der Waals surface area contributed by atoms with E-state index in [-0.39, 0.29) is 11.3 Å². The normalized spacial score (nSPS) is 10.7. The van der Waals surface area contributed by atoms with Gasteiger partial charge in [0, 0.05) is 0 Å². The van der Waals surface area contributed by atoms with Gasteiger partial charge in [0.1, 0.15) is 12.1 Å². The molecule has 0 bridgehead atoms. The maximum atomic E-state index is 8.48. The first-order valence-electron chi connectivity index (χ1n) is 3.17. The smallest absolute Gasteiger partial charge is 0.152 e. The Kier molecular flexibility index (Phi) is 4.71. The van der Waals surface area contributed by atoms with Crippen LogP contribution in [0.2, 0.25) is 0 Å². The van der Waals surface area contributed by atoms with E-state index in [9.17, 15) is 0 Å². The lowest BCUT2D eigenvalue weighted by Gasteiger charge is -1.89. The zero-order valence-corrected chi connectivity index (χ0v) is 6.49. The molecule has 0 aliphatic carbocycles. The fraction of sp³-hybridized carbons (Fsp3) is 0.125. The summed E-state index contributed by atoms with van der Waals surface area (Å²) in [6.07, 6.45) is 2.90. The lowest BCUT2D eigenvalue weighted by molar-refractivity contribution is 1.23. The van der Waals surface area contributed by atoms with Crippen LogP contribution < -0.4 is 5.73 Å². The van der Waals surface area contributed by atoms with Crippen LogP contribution in [-0.2, 0) is 0 Å². The Balaban J connectivity index is 4.39. The summed E-state index contributed by atoms with van der Waals surface area (Å²) in [6.45, 7) is 3.65. The maximum absolute atomic E-state index is 8.48. The van der Waals surface area contributed by atoms with Crippen LogP contribution in [0.25, 0.3) is 0 Å². The molecule has 0 heterocycles. The molecule has 0 aromatic carbocycles. The molecule has 0 saturated carbocycles. The lowest BCUT2D eigenvalue weighted by Crippen LogP contribution is -1.97. The molecule has 0 aromatic heterocycles. The number of rotatable bonds is 3. The number of nitrogens with zero attached hydrogens (tertiary/aromatic N) is 3. The molecule has 0 atom stereocenters. The highest BCUT2D eigenvalue weighted by Gasteiger charge is 1.99. The average Bonchev–Trinajstić information content (AvgIpc) is 2.11. The Morgan fingerprint density at radius 2 is 2.17 bits per heavy atom. The van der Waals surface area contributed by atoms with Crippen LogP contribution in [0.3, 0.4) is 0 Å². The number of hydrogen-bond donors (Lipinski definition) is 1. The Morgan fingerprint density at radius 1 is 1.50 bits per heavy atom. The second kappa shape index (κ2) is 5.70. The quantitative estimate of drug-likeness (QED) is 0.481. The minimum atomic E-state index is 0.0515. The van der Waals surface area contributed by atoms with Gasteiger partial charge in [-0.15, -0.1) is 0 Å². The minimum absolute atomic E-state index is 0.0515. The van der Waals surface area contributed by atoms with Gasteiger partial charge in [-0.3, -0.25) is 4.99 Å². The molecule has 0 radical (unpaired) electrons. The first kappa shape index (κ1) is 9.93. The third kappa shape index (κ3) is 3.19. The van der Waals surface area contributed by atoms with E-state index in [4.69, 9.17) is 16.3 Å². The Bertz CT molecular complexity index is 298. The summed E-state index contributed by atoms with van der Waals surface area (Å²) < 4.78 is 0. The van der Waals surface area contributed by atoms with Gasteiger partial charge in [0.25, 0.3) is 0 Å². The highest BCUT2D eigenvalue weighted by molar-refractivity contribution is 6.13.